The van der Waals surface area contributed by atoms with Crippen LogP contribution in [0, 0.1) is 0 Å². The van der Waals surface area contributed by atoms with Crippen LogP contribution < -0.4 is 10.1 Å². The number of hydrogen-bond donors (Lipinski definition) is 2. The van der Waals surface area contributed by atoms with Gasteiger partial charge >= 0.3 is 5.97 Å². The number of anilines is 1. The van der Waals surface area contributed by atoms with E-state index in [0.717, 1.165) is 12.8 Å². The molecule has 2 N–H and O–H groups in total. The maximum Gasteiger partial charge on any atom is 0.303 e. The van der Waals surface area contributed by atoms with Crippen molar-refractivity contribution in [1.82, 2.24) is 0 Å². The molecule has 0 bridgehead atoms. The third-order valence-electron chi connectivity index (χ3n) is 4.25. The first-order chi connectivity index (χ1) is 12.1. The van der Waals surface area contributed by atoms with Gasteiger partial charge in [0.2, 0.25) is 0 Å². The van der Waals surface area contributed by atoms with E-state index in [4.69, 9.17) is 14.6 Å². The second-order valence-electron chi connectivity index (χ2n) is 6.30. The number of amides is 1. The fraction of sp³-hybridized carbons (Fsp3) is 0.579. The van der Waals surface area contributed by atoms with Crippen molar-refractivity contribution in [2.45, 2.75) is 64.1 Å². The van der Waals surface area contributed by atoms with Crippen LogP contribution in [0.4, 0.5) is 5.69 Å². The van der Waals surface area contributed by atoms with Gasteiger partial charge in [-0.25, -0.2) is 0 Å². The van der Waals surface area contributed by atoms with Crippen LogP contribution >= 0.6 is 0 Å². The van der Waals surface area contributed by atoms with Crippen molar-refractivity contribution in [3.05, 3.63) is 24.3 Å². The number of rotatable bonds is 10. The lowest BCUT2D eigenvalue weighted by molar-refractivity contribution is -0.137. The summed E-state index contributed by atoms with van der Waals surface area (Å²) in [6.07, 6.45) is 5.42. The minimum Gasteiger partial charge on any atom is -0.494 e. The molecule has 25 heavy (non-hydrogen) atoms. The highest BCUT2D eigenvalue weighted by Crippen LogP contribution is 2.23. The van der Waals surface area contributed by atoms with E-state index in [0.29, 0.717) is 30.9 Å². The van der Waals surface area contributed by atoms with Gasteiger partial charge in [-0.2, -0.15) is 0 Å². The third-order valence-corrected chi connectivity index (χ3v) is 4.25. The number of carboxylic acids is 1. The molecule has 1 aliphatic carbocycles. The van der Waals surface area contributed by atoms with Crippen molar-refractivity contribution in [1.29, 1.82) is 0 Å². The summed E-state index contributed by atoms with van der Waals surface area (Å²) in [5.41, 5.74) is 0.691. The van der Waals surface area contributed by atoms with Crippen molar-refractivity contribution in [2.75, 3.05) is 11.9 Å². The Morgan fingerprint density at radius 1 is 1.24 bits per heavy atom. The predicted octanol–water partition coefficient (Wildman–Crippen LogP) is 3.61. The summed E-state index contributed by atoms with van der Waals surface area (Å²) >= 11 is 0. The summed E-state index contributed by atoms with van der Waals surface area (Å²) < 4.78 is 11.4. The molecular weight excluding hydrogens is 322 g/mol. The Morgan fingerprint density at radius 2 is 1.92 bits per heavy atom. The first-order valence-electron chi connectivity index (χ1n) is 8.99. The van der Waals surface area contributed by atoms with Gasteiger partial charge < -0.3 is 19.9 Å². The van der Waals surface area contributed by atoms with E-state index in [9.17, 15) is 9.59 Å². The monoisotopic (exact) mass is 349 g/mol. The van der Waals surface area contributed by atoms with Gasteiger partial charge in [0.15, 0.2) is 0 Å². The number of ether oxygens (including phenoxy) is 2. The Morgan fingerprint density at radius 3 is 2.52 bits per heavy atom. The molecule has 1 amide bonds. The SMILES string of the molecule is CCC(OC1CCCC1)C(=O)Nc1ccc(OCCCC(=O)O)cc1. The summed E-state index contributed by atoms with van der Waals surface area (Å²) in [7, 11) is 0. The van der Waals surface area contributed by atoms with Gasteiger partial charge in [0.1, 0.15) is 11.9 Å². The fourth-order valence-electron chi connectivity index (χ4n) is 2.87. The van der Waals surface area contributed by atoms with Gasteiger partial charge in [0, 0.05) is 12.1 Å². The summed E-state index contributed by atoms with van der Waals surface area (Å²) in [4.78, 5) is 22.8. The molecule has 2 rings (SSSR count). The minimum absolute atomic E-state index is 0.0908. The second-order valence-corrected chi connectivity index (χ2v) is 6.30. The Balaban J connectivity index is 1.78. The highest BCUT2D eigenvalue weighted by Gasteiger charge is 2.24. The van der Waals surface area contributed by atoms with Crippen molar-refractivity contribution in [3.8, 4) is 5.75 Å². The smallest absolute Gasteiger partial charge is 0.303 e. The Bertz CT molecular complexity index is 551. The maximum absolute atomic E-state index is 12.4. The second kappa shape index (κ2) is 10.0. The van der Waals surface area contributed by atoms with Crippen LogP contribution in [0.1, 0.15) is 51.9 Å². The van der Waals surface area contributed by atoms with Crippen LogP contribution in [0.25, 0.3) is 0 Å². The Kier molecular flexibility index (Phi) is 7.73. The molecule has 6 nitrogen and oxygen atoms in total. The van der Waals surface area contributed by atoms with Crippen LogP contribution in [0.15, 0.2) is 24.3 Å². The number of benzene rings is 1. The normalized spacial score (nSPS) is 15.7. The average molecular weight is 349 g/mol. The largest absolute Gasteiger partial charge is 0.494 e. The van der Waals surface area contributed by atoms with Crippen molar-refractivity contribution in [3.63, 3.8) is 0 Å². The van der Waals surface area contributed by atoms with Crippen LogP contribution in [-0.2, 0) is 14.3 Å². The molecule has 0 saturated heterocycles. The third kappa shape index (κ3) is 6.74. The zero-order chi connectivity index (χ0) is 18.1. The molecule has 1 saturated carbocycles. The molecule has 1 aromatic carbocycles. The number of hydrogen-bond acceptors (Lipinski definition) is 4. The van der Waals surface area contributed by atoms with E-state index in [1.54, 1.807) is 24.3 Å². The molecule has 138 valence electrons. The van der Waals surface area contributed by atoms with Crippen molar-refractivity contribution >= 4 is 17.6 Å². The van der Waals surface area contributed by atoms with Crippen LogP contribution in [0.3, 0.4) is 0 Å². The van der Waals surface area contributed by atoms with E-state index in [1.807, 2.05) is 6.92 Å². The lowest BCUT2D eigenvalue weighted by Gasteiger charge is -2.20. The van der Waals surface area contributed by atoms with Crippen molar-refractivity contribution in [2.24, 2.45) is 0 Å². The topological polar surface area (TPSA) is 84.9 Å². The molecule has 0 aromatic heterocycles. The highest BCUT2D eigenvalue weighted by atomic mass is 16.5. The standard InChI is InChI=1S/C19H27NO5/c1-2-17(25-16-6-3-4-7-16)19(23)20-14-9-11-15(12-10-14)24-13-5-8-18(21)22/h9-12,16-17H,2-8,13H2,1H3,(H,20,23)(H,21,22). The quantitative estimate of drug-likeness (QED) is 0.630. The summed E-state index contributed by atoms with van der Waals surface area (Å²) in [6.45, 7) is 2.30. The Labute approximate surface area is 148 Å². The molecule has 0 heterocycles. The highest BCUT2D eigenvalue weighted by molar-refractivity contribution is 5.94. The first kappa shape index (κ1) is 19.2. The fourth-order valence-corrected chi connectivity index (χ4v) is 2.87. The Hall–Kier alpha value is -2.08. The molecule has 1 aliphatic rings. The zero-order valence-electron chi connectivity index (χ0n) is 14.7. The van der Waals surface area contributed by atoms with E-state index in [2.05, 4.69) is 5.32 Å². The maximum atomic E-state index is 12.4. The molecule has 0 aliphatic heterocycles. The van der Waals surface area contributed by atoms with Crippen LogP contribution in [-0.4, -0.2) is 35.8 Å². The lowest BCUT2D eigenvalue weighted by atomic mass is 10.2. The lowest BCUT2D eigenvalue weighted by Crippen LogP contribution is -2.32. The summed E-state index contributed by atoms with van der Waals surface area (Å²) in [6, 6.07) is 7.06. The van der Waals surface area contributed by atoms with E-state index >= 15 is 0 Å². The van der Waals surface area contributed by atoms with Gasteiger partial charge in [-0.3, -0.25) is 9.59 Å². The molecular formula is C19H27NO5. The number of aliphatic carboxylic acids is 1. The molecule has 1 unspecified atom stereocenters. The first-order valence-corrected chi connectivity index (χ1v) is 8.99. The number of carbonyl (C=O) groups is 2. The van der Waals surface area contributed by atoms with E-state index < -0.39 is 12.1 Å². The average Bonchev–Trinajstić information content (AvgIpc) is 3.11. The molecule has 0 radical (unpaired) electrons. The predicted molar refractivity (Wildman–Crippen MR) is 94.9 cm³/mol. The number of carboxylic acid groups (broad SMARTS) is 1. The summed E-state index contributed by atoms with van der Waals surface area (Å²) in [5, 5.41) is 11.5. The molecule has 0 spiro atoms. The van der Waals surface area contributed by atoms with Crippen LogP contribution in [0.5, 0.6) is 5.75 Å². The molecule has 1 atom stereocenters. The number of carbonyl (C=O) groups excluding carboxylic acids is 1. The summed E-state index contributed by atoms with van der Waals surface area (Å²) in [5.74, 6) is -0.297. The van der Waals surface area contributed by atoms with Gasteiger partial charge in [-0.15, -0.1) is 0 Å². The van der Waals surface area contributed by atoms with E-state index in [-0.39, 0.29) is 18.4 Å². The molecule has 6 heteroatoms. The molecule has 1 fully saturated rings. The minimum atomic E-state index is -0.827. The van der Waals surface area contributed by atoms with Gasteiger partial charge in [-0.05, 0) is 49.9 Å². The van der Waals surface area contributed by atoms with Crippen LogP contribution in [0.2, 0.25) is 0 Å². The zero-order valence-corrected chi connectivity index (χ0v) is 14.7. The van der Waals surface area contributed by atoms with Gasteiger partial charge in [-0.1, -0.05) is 19.8 Å². The van der Waals surface area contributed by atoms with Gasteiger partial charge in [0.25, 0.3) is 5.91 Å². The number of nitrogens with one attached hydrogen (secondary N) is 1. The van der Waals surface area contributed by atoms with Crippen molar-refractivity contribution < 1.29 is 24.2 Å². The van der Waals surface area contributed by atoms with E-state index in [1.165, 1.54) is 12.8 Å². The molecule has 1 aromatic rings. The van der Waals surface area contributed by atoms with Gasteiger partial charge in [0.05, 0.1) is 12.7 Å².